The zero-order valence-corrected chi connectivity index (χ0v) is 30.8. The molecule has 0 saturated heterocycles. The summed E-state index contributed by atoms with van der Waals surface area (Å²) < 4.78 is 2.41. The van der Waals surface area contributed by atoms with E-state index in [-0.39, 0.29) is 0 Å². The van der Waals surface area contributed by atoms with Gasteiger partial charge >= 0.3 is 0 Å². The van der Waals surface area contributed by atoms with Crippen LogP contribution >= 0.6 is 0 Å². The van der Waals surface area contributed by atoms with Crippen LogP contribution in [-0.2, 0) is 0 Å². The fraction of sp³-hybridized carbons (Fsp3) is 0. The maximum Gasteiger partial charge on any atom is 0.0541 e. The van der Waals surface area contributed by atoms with Crippen molar-refractivity contribution in [2.24, 2.45) is 0 Å². The summed E-state index contributed by atoms with van der Waals surface area (Å²) in [4.78, 5) is 2.32. The Bertz CT molecular complexity index is 2870. The van der Waals surface area contributed by atoms with E-state index in [4.69, 9.17) is 0 Å². The molecule has 56 heavy (non-hydrogen) atoms. The second kappa shape index (κ2) is 14.4. The number of para-hydroxylation sites is 4. The highest BCUT2D eigenvalue weighted by Gasteiger charge is 2.16. The molecule has 10 aromatic rings. The first-order chi connectivity index (χ1) is 27.8. The number of hydrogen-bond donors (Lipinski definition) is 0. The Morgan fingerprint density at radius 3 is 1.18 bits per heavy atom. The van der Waals surface area contributed by atoms with Crippen LogP contribution in [0.25, 0.3) is 72.0 Å². The van der Waals surface area contributed by atoms with Crippen LogP contribution < -0.4 is 4.90 Å². The fourth-order valence-electron chi connectivity index (χ4n) is 8.16. The Balaban J connectivity index is 0.960. The van der Waals surface area contributed by atoms with Crippen molar-refractivity contribution in [1.29, 1.82) is 0 Å². The van der Waals surface area contributed by atoms with Gasteiger partial charge in [-0.3, -0.25) is 0 Å². The van der Waals surface area contributed by atoms with Crippen molar-refractivity contribution in [3.63, 3.8) is 0 Å². The summed E-state index contributed by atoms with van der Waals surface area (Å²) in [6.07, 6.45) is 0. The summed E-state index contributed by atoms with van der Waals surface area (Å²) in [7, 11) is 0. The molecule has 0 spiro atoms. The second-order valence-electron chi connectivity index (χ2n) is 14.1. The van der Waals surface area contributed by atoms with Crippen molar-refractivity contribution < 1.29 is 0 Å². The van der Waals surface area contributed by atoms with E-state index in [1.54, 1.807) is 0 Å². The lowest BCUT2D eigenvalue weighted by molar-refractivity contribution is 1.18. The highest BCUT2D eigenvalue weighted by molar-refractivity contribution is 6.09. The molecule has 0 atom stereocenters. The van der Waals surface area contributed by atoms with E-state index < -0.39 is 0 Å². The van der Waals surface area contributed by atoms with Crippen LogP contribution in [0.2, 0.25) is 0 Å². The number of anilines is 3. The number of nitrogens with zero attached hydrogens (tertiary/aromatic N) is 2. The van der Waals surface area contributed by atoms with Gasteiger partial charge in [-0.15, -0.1) is 0 Å². The first-order valence-corrected chi connectivity index (χ1v) is 19.2. The van der Waals surface area contributed by atoms with Gasteiger partial charge in [0.2, 0.25) is 0 Å². The molecule has 264 valence electrons. The SMILES string of the molecule is c1ccc(-c2ccccc2-c2ccc(N(c3ccccc3)c3ccc(-c4ccc(-c5ccccc5-n5c6ccccc6c6ccccc65)cc4)cc3)cc2)cc1. The molecule has 0 aliphatic rings. The Morgan fingerprint density at radius 1 is 0.250 bits per heavy atom. The third-order valence-electron chi connectivity index (χ3n) is 10.8. The van der Waals surface area contributed by atoms with Gasteiger partial charge < -0.3 is 9.47 Å². The number of benzene rings is 9. The summed E-state index contributed by atoms with van der Waals surface area (Å²) in [5, 5.41) is 2.54. The molecule has 10 rings (SSSR count). The Kier molecular flexibility index (Phi) is 8.55. The number of fused-ring (bicyclic) bond motifs is 3. The maximum atomic E-state index is 2.41. The third-order valence-corrected chi connectivity index (χ3v) is 10.8. The molecule has 0 unspecified atom stereocenters. The molecular formula is C54H38N2. The van der Waals surface area contributed by atoms with Crippen LogP contribution in [0.4, 0.5) is 17.1 Å². The van der Waals surface area contributed by atoms with Crippen LogP contribution in [0, 0.1) is 0 Å². The van der Waals surface area contributed by atoms with Gasteiger partial charge in [-0.2, -0.15) is 0 Å². The minimum Gasteiger partial charge on any atom is -0.311 e. The molecule has 2 nitrogen and oxygen atoms in total. The third kappa shape index (κ3) is 6.04. The van der Waals surface area contributed by atoms with E-state index in [1.165, 1.54) is 72.0 Å². The zero-order chi connectivity index (χ0) is 37.3. The molecule has 0 radical (unpaired) electrons. The molecule has 0 saturated carbocycles. The molecule has 0 bridgehead atoms. The van der Waals surface area contributed by atoms with E-state index >= 15 is 0 Å². The monoisotopic (exact) mass is 714 g/mol. The Hall–Kier alpha value is -7.42. The number of rotatable bonds is 8. The average Bonchev–Trinajstić information content (AvgIpc) is 3.62. The van der Waals surface area contributed by atoms with E-state index in [9.17, 15) is 0 Å². The molecular weight excluding hydrogens is 677 g/mol. The Morgan fingerprint density at radius 2 is 0.607 bits per heavy atom. The summed E-state index contributed by atoms with van der Waals surface area (Å²) in [5.74, 6) is 0. The zero-order valence-electron chi connectivity index (χ0n) is 30.8. The van der Waals surface area contributed by atoms with Gasteiger partial charge in [0.15, 0.2) is 0 Å². The summed E-state index contributed by atoms with van der Waals surface area (Å²) in [6.45, 7) is 0. The van der Waals surface area contributed by atoms with Gasteiger partial charge in [0.05, 0.1) is 16.7 Å². The van der Waals surface area contributed by atoms with Gasteiger partial charge in [0.1, 0.15) is 0 Å². The normalized spacial score (nSPS) is 11.2. The molecule has 0 aliphatic heterocycles. The standard InChI is InChI=1S/C54H38N2/c1-3-15-41(16-4-1)47-19-7-8-20-48(47)42-33-37-46(38-34-42)55(44-17-5-2-6-18-44)45-35-31-40(32-36-45)39-27-29-43(30-28-39)49-21-9-12-24-52(49)56-53-25-13-10-22-50(53)51-23-11-14-26-54(51)56/h1-38H. The average molecular weight is 715 g/mol. The Labute approximate surface area is 327 Å². The largest absolute Gasteiger partial charge is 0.311 e. The summed E-state index contributed by atoms with van der Waals surface area (Å²) >= 11 is 0. The number of hydrogen-bond acceptors (Lipinski definition) is 1. The van der Waals surface area contributed by atoms with Crippen molar-refractivity contribution in [3.05, 3.63) is 231 Å². The predicted octanol–water partition coefficient (Wildman–Crippen LogP) is 14.9. The smallest absolute Gasteiger partial charge is 0.0541 e. The highest BCUT2D eigenvalue weighted by Crippen LogP contribution is 2.40. The molecule has 1 aromatic heterocycles. The lowest BCUT2D eigenvalue weighted by Crippen LogP contribution is -2.09. The van der Waals surface area contributed by atoms with Crippen molar-refractivity contribution in [3.8, 4) is 50.2 Å². The van der Waals surface area contributed by atoms with Gasteiger partial charge in [0.25, 0.3) is 0 Å². The van der Waals surface area contributed by atoms with Gasteiger partial charge in [-0.1, -0.05) is 176 Å². The quantitative estimate of drug-likeness (QED) is 0.152. The van der Waals surface area contributed by atoms with Gasteiger partial charge in [0, 0.05) is 33.4 Å². The van der Waals surface area contributed by atoms with Crippen molar-refractivity contribution in [2.45, 2.75) is 0 Å². The second-order valence-corrected chi connectivity index (χ2v) is 14.1. The van der Waals surface area contributed by atoms with Crippen molar-refractivity contribution in [1.82, 2.24) is 4.57 Å². The predicted molar refractivity (Wildman–Crippen MR) is 237 cm³/mol. The molecule has 9 aromatic carbocycles. The molecule has 2 heteroatoms. The van der Waals surface area contributed by atoms with Crippen LogP contribution in [0.1, 0.15) is 0 Å². The summed E-state index contributed by atoms with van der Waals surface area (Å²) in [5.41, 5.74) is 16.6. The number of aromatic nitrogens is 1. The highest BCUT2D eigenvalue weighted by atomic mass is 15.1. The minimum absolute atomic E-state index is 1.11. The fourth-order valence-corrected chi connectivity index (χ4v) is 8.16. The molecule has 0 amide bonds. The van der Waals surface area contributed by atoms with E-state index in [0.29, 0.717) is 0 Å². The van der Waals surface area contributed by atoms with E-state index in [1.807, 2.05) is 0 Å². The van der Waals surface area contributed by atoms with E-state index in [0.717, 1.165) is 17.1 Å². The summed E-state index contributed by atoms with van der Waals surface area (Å²) in [6, 6.07) is 82.8. The topological polar surface area (TPSA) is 8.17 Å². The van der Waals surface area contributed by atoms with Gasteiger partial charge in [-0.05, 0) is 93.5 Å². The molecule has 0 fully saturated rings. The van der Waals surface area contributed by atoms with Crippen LogP contribution in [-0.4, -0.2) is 4.57 Å². The van der Waals surface area contributed by atoms with E-state index in [2.05, 4.69) is 240 Å². The van der Waals surface area contributed by atoms with Crippen LogP contribution in [0.5, 0.6) is 0 Å². The van der Waals surface area contributed by atoms with Crippen LogP contribution in [0.3, 0.4) is 0 Å². The lowest BCUT2D eigenvalue weighted by atomic mass is 9.94. The first-order valence-electron chi connectivity index (χ1n) is 19.2. The molecule has 0 N–H and O–H groups in total. The maximum absolute atomic E-state index is 2.41. The van der Waals surface area contributed by atoms with Crippen molar-refractivity contribution >= 4 is 38.9 Å². The molecule has 0 aliphatic carbocycles. The van der Waals surface area contributed by atoms with Crippen molar-refractivity contribution in [2.75, 3.05) is 4.90 Å². The minimum atomic E-state index is 1.11. The van der Waals surface area contributed by atoms with Crippen LogP contribution in [0.15, 0.2) is 231 Å². The molecule has 1 heterocycles. The van der Waals surface area contributed by atoms with Gasteiger partial charge in [-0.25, -0.2) is 0 Å². The lowest BCUT2D eigenvalue weighted by Gasteiger charge is -2.26. The first kappa shape index (κ1) is 33.2.